The van der Waals surface area contributed by atoms with Crippen LogP contribution in [-0.4, -0.2) is 17.5 Å². The Labute approximate surface area is 91.4 Å². The molecule has 0 spiro atoms. The van der Waals surface area contributed by atoms with Gasteiger partial charge in [0.1, 0.15) is 6.29 Å². The molecule has 0 heterocycles. The molecule has 0 aromatic rings. The first-order valence-corrected chi connectivity index (χ1v) is 5.95. The largest absolute Gasteiger partial charge is 0.393 e. The van der Waals surface area contributed by atoms with E-state index >= 15 is 0 Å². The van der Waals surface area contributed by atoms with Crippen molar-refractivity contribution in [2.45, 2.75) is 32.8 Å². The number of fused-ring (bicyclic) bond motifs is 1. The summed E-state index contributed by atoms with van der Waals surface area (Å²) in [4.78, 5) is 11.1. The third kappa shape index (κ3) is 1.87. The number of aliphatic hydroxyl groups excluding tert-OH is 1. The zero-order valence-electron chi connectivity index (χ0n) is 9.47. The molecule has 0 radical (unpaired) electrons. The highest BCUT2D eigenvalue weighted by Gasteiger charge is 2.42. The van der Waals surface area contributed by atoms with Crippen molar-refractivity contribution >= 4 is 6.29 Å². The summed E-state index contributed by atoms with van der Waals surface area (Å²) in [7, 11) is 0. The van der Waals surface area contributed by atoms with E-state index in [-0.39, 0.29) is 23.9 Å². The predicted molar refractivity (Wildman–Crippen MR) is 59.2 cm³/mol. The van der Waals surface area contributed by atoms with E-state index in [4.69, 9.17) is 0 Å². The summed E-state index contributed by atoms with van der Waals surface area (Å²) < 4.78 is 0. The zero-order chi connectivity index (χ0) is 11.0. The molecule has 1 fully saturated rings. The predicted octanol–water partition coefficient (Wildman–Crippen LogP) is 2.03. The molecular formula is C13H20O2. The lowest BCUT2D eigenvalue weighted by Gasteiger charge is -2.44. The van der Waals surface area contributed by atoms with E-state index in [2.05, 4.69) is 26.0 Å². The van der Waals surface area contributed by atoms with Crippen LogP contribution in [-0.2, 0) is 4.79 Å². The third-order valence-corrected chi connectivity index (χ3v) is 4.13. The molecule has 0 amide bonds. The summed E-state index contributed by atoms with van der Waals surface area (Å²) in [6.07, 6.45) is 7.09. The summed E-state index contributed by atoms with van der Waals surface area (Å²) in [6.45, 7) is 4.25. The lowest BCUT2D eigenvalue weighted by Crippen LogP contribution is -2.44. The number of aldehydes is 1. The van der Waals surface area contributed by atoms with E-state index in [1.54, 1.807) is 0 Å². The second-order valence-electron chi connectivity index (χ2n) is 5.34. The maximum absolute atomic E-state index is 11.1. The van der Waals surface area contributed by atoms with E-state index in [0.29, 0.717) is 11.8 Å². The van der Waals surface area contributed by atoms with Crippen LogP contribution in [0.4, 0.5) is 0 Å². The first-order valence-electron chi connectivity index (χ1n) is 5.95. The van der Waals surface area contributed by atoms with Crippen molar-refractivity contribution < 1.29 is 9.90 Å². The highest BCUT2D eigenvalue weighted by Crippen LogP contribution is 2.43. The number of hydrogen-bond donors (Lipinski definition) is 1. The Kier molecular flexibility index (Phi) is 2.96. The van der Waals surface area contributed by atoms with Crippen molar-refractivity contribution in [3.8, 4) is 0 Å². The Morgan fingerprint density at radius 2 is 2.00 bits per heavy atom. The summed E-state index contributed by atoms with van der Waals surface area (Å²) >= 11 is 0. The van der Waals surface area contributed by atoms with E-state index in [1.807, 2.05) is 0 Å². The van der Waals surface area contributed by atoms with Crippen LogP contribution in [0.5, 0.6) is 0 Å². The van der Waals surface area contributed by atoms with Gasteiger partial charge in [0.25, 0.3) is 0 Å². The average molecular weight is 208 g/mol. The smallest absolute Gasteiger partial charge is 0.124 e. The minimum absolute atomic E-state index is 0.0162. The summed E-state index contributed by atoms with van der Waals surface area (Å²) in [5, 5.41) is 10.1. The number of rotatable bonds is 1. The molecule has 0 aromatic heterocycles. The van der Waals surface area contributed by atoms with E-state index < -0.39 is 0 Å². The lowest BCUT2D eigenvalue weighted by molar-refractivity contribution is -0.118. The molecule has 2 rings (SSSR count). The molecule has 0 unspecified atom stereocenters. The molecule has 2 aliphatic carbocycles. The number of aliphatic hydroxyl groups is 1. The first-order chi connectivity index (χ1) is 7.13. The van der Waals surface area contributed by atoms with Crippen molar-refractivity contribution in [2.24, 2.45) is 29.6 Å². The number of carbonyl (C=O) groups is 1. The summed E-state index contributed by atoms with van der Waals surface area (Å²) in [5.74, 6) is 1.45. The fraction of sp³-hybridized carbons (Fsp3) is 0.769. The van der Waals surface area contributed by atoms with Gasteiger partial charge in [-0.05, 0) is 30.6 Å². The second-order valence-corrected chi connectivity index (χ2v) is 5.34. The molecule has 15 heavy (non-hydrogen) atoms. The SMILES string of the molecule is C[C@@H]1C[C@H](O)[C@@H]2[C@@H](C=O)[C@@H](C)C=C[C@H]2C1. The van der Waals surface area contributed by atoms with Crippen LogP contribution in [0.15, 0.2) is 12.2 Å². The summed E-state index contributed by atoms with van der Waals surface area (Å²) in [5.41, 5.74) is 0. The van der Waals surface area contributed by atoms with Gasteiger partial charge < -0.3 is 9.90 Å². The monoisotopic (exact) mass is 208 g/mol. The molecule has 2 heteroatoms. The number of allylic oxidation sites excluding steroid dienone is 2. The summed E-state index contributed by atoms with van der Waals surface area (Å²) in [6, 6.07) is 0. The van der Waals surface area contributed by atoms with Crippen molar-refractivity contribution in [3.63, 3.8) is 0 Å². The molecule has 0 saturated heterocycles. The van der Waals surface area contributed by atoms with Crippen LogP contribution >= 0.6 is 0 Å². The van der Waals surface area contributed by atoms with Crippen molar-refractivity contribution in [3.05, 3.63) is 12.2 Å². The van der Waals surface area contributed by atoms with Gasteiger partial charge in [0, 0.05) is 11.8 Å². The molecule has 6 atom stereocenters. The molecule has 0 aromatic carbocycles. The molecular weight excluding hydrogens is 188 g/mol. The van der Waals surface area contributed by atoms with Crippen molar-refractivity contribution in [1.29, 1.82) is 0 Å². The molecule has 1 N–H and O–H groups in total. The lowest BCUT2D eigenvalue weighted by atomic mass is 9.62. The Hall–Kier alpha value is -0.630. The third-order valence-electron chi connectivity index (χ3n) is 4.13. The molecule has 2 aliphatic rings. The molecule has 0 bridgehead atoms. The van der Waals surface area contributed by atoms with E-state index in [0.717, 1.165) is 19.1 Å². The Morgan fingerprint density at radius 1 is 1.27 bits per heavy atom. The van der Waals surface area contributed by atoms with Gasteiger partial charge in [-0.2, -0.15) is 0 Å². The van der Waals surface area contributed by atoms with Gasteiger partial charge in [0.15, 0.2) is 0 Å². The van der Waals surface area contributed by atoms with E-state index in [1.165, 1.54) is 0 Å². The minimum atomic E-state index is -0.290. The van der Waals surface area contributed by atoms with Gasteiger partial charge in [-0.15, -0.1) is 0 Å². The van der Waals surface area contributed by atoms with Crippen LogP contribution in [0.3, 0.4) is 0 Å². The van der Waals surface area contributed by atoms with Crippen molar-refractivity contribution in [2.75, 3.05) is 0 Å². The van der Waals surface area contributed by atoms with Gasteiger partial charge in [-0.3, -0.25) is 0 Å². The maximum Gasteiger partial charge on any atom is 0.124 e. The molecule has 84 valence electrons. The quantitative estimate of drug-likeness (QED) is 0.529. The molecule has 0 aliphatic heterocycles. The van der Waals surface area contributed by atoms with Gasteiger partial charge in [0.05, 0.1) is 6.10 Å². The van der Waals surface area contributed by atoms with Crippen LogP contribution in [0.1, 0.15) is 26.7 Å². The van der Waals surface area contributed by atoms with Crippen LogP contribution in [0.2, 0.25) is 0 Å². The maximum atomic E-state index is 11.1. The van der Waals surface area contributed by atoms with Crippen LogP contribution in [0, 0.1) is 29.6 Å². The average Bonchev–Trinajstić information content (AvgIpc) is 2.18. The molecule has 1 saturated carbocycles. The van der Waals surface area contributed by atoms with Gasteiger partial charge in [-0.1, -0.05) is 26.0 Å². The van der Waals surface area contributed by atoms with Crippen molar-refractivity contribution in [1.82, 2.24) is 0 Å². The van der Waals surface area contributed by atoms with Gasteiger partial charge in [0.2, 0.25) is 0 Å². The minimum Gasteiger partial charge on any atom is -0.393 e. The van der Waals surface area contributed by atoms with Crippen LogP contribution < -0.4 is 0 Å². The highest BCUT2D eigenvalue weighted by molar-refractivity contribution is 5.56. The normalized spacial score (nSPS) is 49.8. The van der Waals surface area contributed by atoms with Gasteiger partial charge in [-0.25, -0.2) is 0 Å². The van der Waals surface area contributed by atoms with Crippen LogP contribution in [0.25, 0.3) is 0 Å². The zero-order valence-corrected chi connectivity index (χ0v) is 9.47. The standard InChI is InChI=1S/C13H20O2/c1-8-5-10-4-3-9(2)11(7-14)13(10)12(15)6-8/h3-4,7-13,15H,5-6H2,1-2H3/t8-,9-,10-,11-,12-,13-/m0/s1. The molecule has 2 nitrogen and oxygen atoms in total. The topological polar surface area (TPSA) is 37.3 Å². The first kappa shape index (κ1) is 10.9. The Balaban J connectivity index is 2.24. The fourth-order valence-corrected chi connectivity index (χ4v) is 3.33. The number of carbonyl (C=O) groups excluding carboxylic acids is 1. The number of hydrogen-bond acceptors (Lipinski definition) is 2. The Morgan fingerprint density at radius 3 is 2.67 bits per heavy atom. The highest BCUT2D eigenvalue weighted by atomic mass is 16.3. The second kappa shape index (κ2) is 4.09. The van der Waals surface area contributed by atoms with E-state index in [9.17, 15) is 9.90 Å². The Bertz CT molecular complexity index is 272. The van der Waals surface area contributed by atoms with Gasteiger partial charge >= 0.3 is 0 Å². The fourth-order valence-electron chi connectivity index (χ4n) is 3.33.